The maximum atomic E-state index is 11.6. The van der Waals surface area contributed by atoms with Crippen molar-refractivity contribution < 1.29 is 4.79 Å². The topological polar surface area (TPSA) is 58.5 Å². The van der Waals surface area contributed by atoms with Crippen molar-refractivity contribution in [1.82, 2.24) is 5.32 Å². The quantitative estimate of drug-likeness (QED) is 0.797. The number of hydrogen-bond acceptors (Lipinski definition) is 4. The second kappa shape index (κ2) is 5.06. The van der Waals surface area contributed by atoms with Crippen LogP contribution in [0, 0.1) is 22.2 Å². The van der Waals surface area contributed by atoms with E-state index in [9.17, 15) is 9.70 Å². The number of hydrogen-bond donors (Lipinski definition) is 1. The molecule has 112 valence electrons. The van der Waals surface area contributed by atoms with Gasteiger partial charge in [0.1, 0.15) is 0 Å². The first-order valence-corrected chi connectivity index (χ1v) is 9.01. The third-order valence-corrected chi connectivity index (χ3v) is 6.72. The van der Waals surface area contributed by atoms with Crippen LogP contribution in [0.4, 0.5) is 0 Å². The molecule has 0 aromatic rings. The molecule has 0 bridgehead atoms. The number of fused-ring (bicyclic) bond motifs is 2. The Morgan fingerprint density at radius 1 is 1.33 bits per heavy atom. The minimum absolute atomic E-state index is 0.274. The number of thioether (sulfide) groups is 1. The smallest absolute Gasteiger partial charge is 0.306 e. The number of nitrogens with one attached hydrogen (secondary N) is 1. The lowest BCUT2D eigenvalue weighted by atomic mass is 9.65. The van der Waals surface area contributed by atoms with Gasteiger partial charge >= 0.3 is 5.91 Å². The number of carbonyl (C=O) groups excluding carboxylic acids is 1. The molecule has 0 aromatic carbocycles. The van der Waals surface area contributed by atoms with Crippen LogP contribution in [-0.2, 0) is 4.79 Å². The third kappa shape index (κ3) is 2.13. The Bertz CT molecular complexity index is 532. The Morgan fingerprint density at radius 3 is 2.76 bits per heavy atom. The molecule has 2 saturated heterocycles. The highest BCUT2D eigenvalue weighted by molar-refractivity contribution is 7.99. The fourth-order valence-electron chi connectivity index (χ4n) is 4.57. The summed E-state index contributed by atoms with van der Waals surface area (Å²) in [5, 5.41) is 6.43. The van der Waals surface area contributed by atoms with Crippen LogP contribution in [0.1, 0.15) is 25.7 Å². The molecule has 3 fully saturated rings. The van der Waals surface area contributed by atoms with Gasteiger partial charge in [-0.1, -0.05) is 18.2 Å². The van der Waals surface area contributed by atoms with E-state index in [1.165, 1.54) is 37.2 Å². The molecule has 1 amide bonds. The summed E-state index contributed by atoms with van der Waals surface area (Å²) >= 11 is 2.04. The molecule has 5 heteroatoms. The molecule has 4 rings (SSSR count). The van der Waals surface area contributed by atoms with E-state index >= 15 is 0 Å². The molecule has 2 heterocycles. The molecule has 0 radical (unpaired) electrons. The van der Waals surface area contributed by atoms with Crippen LogP contribution in [-0.4, -0.2) is 29.5 Å². The van der Waals surface area contributed by atoms with E-state index in [1.807, 2.05) is 17.8 Å². The van der Waals surface area contributed by atoms with Gasteiger partial charge in [0.15, 0.2) is 0 Å². The van der Waals surface area contributed by atoms with E-state index in [1.54, 1.807) is 6.08 Å². The summed E-state index contributed by atoms with van der Waals surface area (Å²) in [6.45, 7) is 0. The van der Waals surface area contributed by atoms with Gasteiger partial charge in [0.05, 0.1) is 0 Å². The average molecular weight is 304 g/mol. The maximum Gasteiger partial charge on any atom is 0.316 e. The molecular weight excluding hydrogens is 284 g/mol. The first kappa shape index (κ1) is 13.7. The standard InChI is InChI=1S/C16H20N2O2S/c19-15(18-20)11-3-4-13-12(9-11)16(5-7-21-8-6-16)14(17-13)10-1-2-10/h3-4,9-10,12-14,17H,1-2,5-8H2. The lowest BCUT2D eigenvalue weighted by molar-refractivity contribution is -0.114. The number of nitrogens with zero attached hydrogens (tertiary/aromatic N) is 1. The van der Waals surface area contributed by atoms with Crippen molar-refractivity contribution in [1.29, 1.82) is 0 Å². The number of nitroso groups, excluding NO2 is 1. The van der Waals surface area contributed by atoms with Gasteiger partial charge in [-0.05, 0) is 48.5 Å². The van der Waals surface area contributed by atoms with Crippen molar-refractivity contribution >= 4 is 17.7 Å². The Hall–Kier alpha value is -0.940. The fraction of sp³-hybridized carbons (Fsp3) is 0.688. The van der Waals surface area contributed by atoms with E-state index < -0.39 is 5.91 Å². The Kier molecular flexibility index (Phi) is 3.30. The molecule has 1 saturated carbocycles. The van der Waals surface area contributed by atoms with Crippen molar-refractivity contribution in [3.8, 4) is 0 Å². The van der Waals surface area contributed by atoms with Gasteiger partial charge in [0.25, 0.3) is 0 Å². The van der Waals surface area contributed by atoms with Crippen LogP contribution < -0.4 is 5.32 Å². The first-order valence-electron chi connectivity index (χ1n) is 7.86. The number of rotatable bonds is 2. The highest BCUT2D eigenvalue weighted by Crippen LogP contribution is 2.57. The van der Waals surface area contributed by atoms with E-state index in [4.69, 9.17) is 0 Å². The molecule has 3 atom stereocenters. The molecule has 2 aliphatic carbocycles. The van der Waals surface area contributed by atoms with Gasteiger partial charge in [0, 0.05) is 28.8 Å². The molecule has 0 aromatic heterocycles. The molecule has 4 aliphatic rings. The summed E-state index contributed by atoms with van der Waals surface area (Å²) in [7, 11) is 0. The summed E-state index contributed by atoms with van der Waals surface area (Å²) in [6.07, 6.45) is 11.0. The average Bonchev–Trinajstić information content (AvgIpc) is 3.33. The van der Waals surface area contributed by atoms with E-state index in [0.29, 0.717) is 23.6 Å². The van der Waals surface area contributed by atoms with E-state index in [-0.39, 0.29) is 5.41 Å². The van der Waals surface area contributed by atoms with Crippen LogP contribution in [0.5, 0.6) is 0 Å². The predicted octanol–water partition coefficient (Wildman–Crippen LogP) is 2.66. The third-order valence-electron chi connectivity index (χ3n) is 5.73. The minimum Gasteiger partial charge on any atom is -0.306 e. The Labute approximate surface area is 128 Å². The van der Waals surface area contributed by atoms with Crippen molar-refractivity contribution in [3.63, 3.8) is 0 Å². The lowest BCUT2D eigenvalue weighted by Crippen LogP contribution is -2.43. The fourth-order valence-corrected chi connectivity index (χ4v) is 5.82. The molecule has 1 spiro atoms. The second-order valence-electron chi connectivity index (χ2n) is 6.76. The summed E-state index contributed by atoms with van der Waals surface area (Å²) in [5.74, 6) is 2.94. The molecule has 1 N–H and O–H groups in total. The van der Waals surface area contributed by atoms with Crippen LogP contribution in [0.2, 0.25) is 0 Å². The van der Waals surface area contributed by atoms with Crippen LogP contribution in [0.15, 0.2) is 29.0 Å². The zero-order chi connectivity index (χ0) is 14.4. The van der Waals surface area contributed by atoms with Gasteiger partial charge in [-0.25, -0.2) is 0 Å². The molecular formula is C16H20N2O2S. The maximum absolute atomic E-state index is 11.6. The zero-order valence-electron chi connectivity index (χ0n) is 12.0. The Morgan fingerprint density at radius 2 is 2.10 bits per heavy atom. The molecule has 2 aliphatic heterocycles. The minimum atomic E-state index is -0.625. The van der Waals surface area contributed by atoms with Crippen molar-refractivity contribution in [2.24, 2.45) is 22.4 Å². The van der Waals surface area contributed by atoms with Gasteiger partial charge in [0.2, 0.25) is 0 Å². The van der Waals surface area contributed by atoms with Gasteiger partial charge in [-0.3, -0.25) is 4.79 Å². The first-order chi connectivity index (χ1) is 10.2. The summed E-state index contributed by atoms with van der Waals surface area (Å²) < 4.78 is 0. The predicted molar refractivity (Wildman–Crippen MR) is 83.9 cm³/mol. The van der Waals surface area contributed by atoms with Crippen molar-refractivity contribution in [2.75, 3.05) is 11.5 Å². The number of carbonyl (C=O) groups is 1. The Balaban J connectivity index is 1.70. The second-order valence-corrected chi connectivity index (χ2v) is 7.98. The molecule has 3 unspecified atom stereocenters. The van der Waals surface area contributed by atoms with Gasteiger partial charge in [-0.2, -0.15) is 11.8 Å². The van der Waals surface area contributed by atoms with Crippen molar-refractivity contribution in [3.05, 3.63) is 28.7 Å². The van der Waals surface area contributed by atoms with E-state index in [0.717, 1.165) is 5.92 Å². The zero-order valence-corrected chi connectivity index (χ0v) is 12.8. The summed E-state index contributed by atoms with van der Waals surface area (Å²) in [4.78, 5) is 22.2. The summed E-state index contributed by atoms with van der Waals surface area (Å²) in [5.41, 5.74) is 0.762. The van der Waals surface area contributed by atoms with Crippen LogP contribution in [0.3, 0.4) is 0 Å². The normalized spacial score (nSPS) is 37.1. The van der Waals surface area contributed by atoms with Crippen molar-refractivity contribution in [2.45, 2.75) is 37.8 Å². The molecule has 21 heavy (non-hydrogen) atoms. The van der Waals surface area contributed by atoms with E-state index in [2.05, 4.69) is 16.6 Å². The number of amides is 1. The highest BCUT2D eigenvalue weighted by Gasteiger charge is 2.57. The largest absolute Gasteiger partial charge is 0.316 e. The molecule has 4 nitrogen and oxygen atoms in total. The lowest BCUT2D eigenvalue weighted by Gasteiger charge is -2.42. The summed E-state index contributed by atoms with van der Waals surface area (Å²) in [6, 6.07) is 0.898. The van der Waals surface area contributed by atoms with Gasteiger partial charge in [-0.15, -0.1) is 4.91 Å². The highest BCUT2D eigenvalue weighted by atomic mass is 32.2. The monoisotopic (exact) mass is 304 g/mol. The van der Waals surface area contributed by atoms with Crippen LogP contribution in [0.25, 0.3) is 0 Å². The SMILES string of the molecule is O=NC(=O)C1=CC2C(C=C1)NC(C1CC1)C21CCSCC1. The van der Waals surface area contributed by atoms with Crippen LogP contribution >= 0.6 is 11.8 Å². The van der Waals surface area contributed by atoms with Gasteiger partial charge < -0.3 is 5.32 Å².